The van der Waals surface area contributed by atoms with Crippen molar-refractivity contribution in [3.8, 4) is 11.3 Å². The largest absolute Gasteiger partial charge is 0.256 e. The maximum Gasteiger partial charge on any atom is 0.0702 e. The van der Waals surface area contributed by atoms with Gasteiger partial charge in [-0.1, -0.05) is 75.4 Å². The monoisotopic (exact) mass is 307 g/mol. The molecule has 0 spiro atoms. The molecule has 3 rings (SSSR count). The van der Waals surface area contributed by atoms with Crippen molar-refractivity contribution in [2.45, 2.75) is 58.3 Å². The number of benzene rings is 1. The Kier molecular flexibility index (Phi) is 5.85. The zero-order valence-corrected chi connectivity index (χ0v) is 14.4. The predicted octanol–water partition coefficient (Wildman–Crippen LogP) is 6.29. The first-order chi connectivity index (χ1) is 11.3. The van der Waals surface area contributed by atoms with Gasteiger partial charge in [0.1, 0.15) is 0 Å². The highest BCUT2D eigenvalue weighted by Crippen LogP contribution is 2.34. The van der Waals surface area contributed by atoms with Gasteiger partial charge >= 0.3 is 0 Å². The minimum Gasteiger partial charge on any atom is -0.256 e. The molecule has 0 saturated heterocycles. The first-order valence-corrected chi connectivity index (χ1v) is 9.35. The molecule has 2 aromatic rings. The standard InChI is InChI=1S/C22H29N/c1-2-7-18-8-6-9-19(16-18)12-13-20-14-15-22(23-17-20)21-10-4-3-5-11-21/h3-5,10-11,14-15,17-19H,2,6-9,12-13,16H2,1H3. The fourth-order valence-electron chi connectivity index (χ4n) is 4.06. The Morgan fingerprint density at radius 3 is 2.43 bits per heavy atom. The van der Waals surface area contributed by atoms with Gasteiger partial charge < -0.3 is 0 Å². The number of rotatable bonds is 6. The molecule has 2 atom stereocenters. The lowest BCUT2D eigenvalue weighted by Gasteiger charge is -2.29. The van der Waals surface area contributed by atoms with Gasteiger partial charge in [-0.2, -0.15) is 0 Å². The van der Waals surface area contributed by atoms with Gasteiger partial charge in [0.2, 0.25) is 0 Å². The van der Waals surface area contributed by atoms with Crippen molar-refractivity contribution in [1.29, 1.82) is 0 Å². The van der Waals surface area contributed by atoms with Gasteiger partial charge in [0.25, 0.3) is 0 Å². The molecule has 23 heavy (non-hydrogen) atoms. The van der Waals surface area contributed by atoms with Gasteiger partial charge in [0.05, 0.1) is 5.69 Å². The van der Waals surface area contributed by atoms with E-state index in [4.69, 9.17) is 0 Å². The smallest absolute Gasteiger partial charge is 0.0702 e. The van der Waals surface area contributed by atoms with E-state index in [0.717, 1.165) is 17.5 Å². The van der Waals surface area contributed by atoms with Crippen LogP contribution in [0.25, 0.3) is 11.3 Å². The molecular formula is C22H29N. The van der Waals surface area contributed by atoms with Crippen molar-refractivity contribution in [3.05, 3.63) is 54.2 Å². The highest BCUT2D eigenvalue weighted by Gasteiger charge is 2.21. The average Bonchev–Trinajstić information content (AvgIpc) is 2.62. The lowest BCUT2D eigenvalue weighted by molar-refractivity contribution is 0.243. The van der Waals surface area contributed by atoms with Crippen molar-refractivity contribution >= 4 is 0 Å². The Morgan fingerprint density at radius 1 is 0.957 bits per heavy atom. The molecule has 0 radical (unpaired) electrons. The zero-order chi connectivity index (χ0) is 15.9. The Bertz CT molecular complexity index is 571. The minimum atomic E-state index is 0.939. The summed E-state index contributed by atoms with van der Waals surface area (Å²) in [6.45, 7) is 2.32. The van der Waals surface area contributed by atoms with Crippen LogP contribution in [-0.2, 0) is 6.42 Å². The summed E-state index contributed by atoms with van der Waals surface area (Å²) in [5.41, 5.74) is 3.67. The second-order valence-electron chi connectivity index (χ2n) is 7.14. The zero-order valence-electron chi connectivity index (χ0n) is 14.4. The van der Waals surface area contributed by atoms with Crippen molar-refractivity contribution < 1.29 is 0 Å². The molecule has 1 heteroatoms. The summed E-state index contributed by atoms with van der Waals surface area (Å²) >= 11 is 0. The fraction of sp³-hybridized carbons (Fsp3) is 0.500. The van der Waals surface area contributed by atoms with Crippen LogP contribution in [0.3, 0.4) is 0 Å². The van der Waals surface area contributed by atoms with Crippen LogP contribution in [0.5, 0.6) is 0 Å². The number of nitrogens with zero attached hydrogens (tertiary/aromatic N) is 1. The number of hydrogen-bond donors (Lipinski definition) is 0. The summed E-state index contributed by atoms with van der Waals surface area (Å²) < 4.78 is 0. The molecule has 122 valence electrons. The van der Waals surface area contributed by atoms with Crippen molar-refractivity contribution in [2.75, 3.05) is 0 Å². The predicted molar refractivity (Wildman–Crippen MR) is 98.4 cm³/mol. The van der Waals surface area contributed by atoms with Crippen LogP contribution in [0.4, 0.5) is 0 Å². The molecule has 0 bridgehead atoms. The SMILES string of the molecule is CCCC1CCCC(CCc2ccc(-c3ccccc3)nc2)C1. The molecule has 1 saturated carbocycles. The summed E-state index contributed by atoms with van der Waals surface area (Å²) in [5.74, 6) is 1.94. The quantitative estimate of drug-likeness (QED) is 0.611. The van der Waals surface area contributed by atoms with Crippen LogP contribution in [0.2, 0.25) is 0 Å². The summed E-state index contributed by atoms with van der Waals surface area (Å²) in [6, 6.07) is 14.9. The maximum absolute atomic E-state index is 4.66. The minimum absolute atomic E-state index is 0.939. The van der Waals surface area contributed by atoms with Gasteiger partial charge in [-0.25, -0.2) is 0 Å². The van der Waals surface area contributed by atoms with Crippen LogP contribution in [0.1, 0.15) is 57.4 Å². The van der Waals surface area contributed by atoms with Crippen LogP contribution in [-0.4, -0.2) is 4.98 Å². The molecule has 2 unspecified atom stereocenters. The van der Waals surface area contributed by atoms with Crippen molar-refractivity contribution in [3.63, 3.8) is 0 Å². The Morgan fingerprint density at radius 2 is 1.74 bits per heavy atom. The Hall–Kier alpha value is -1.63. The summed E-state index contributed by atoms with van der Waals surface area (Å²) in [6.07, 6.45) is 13.2. The van der Waals surface area contributed by atoms with Gasteiger partial charge in [-0.15, -0.1) is 0 Å². The van der Waals surface area contributed by atoms with E-state index in [1.165, 1.54) is 62.5 Å². The Labute approximate surface area is 141 Å². The van der Waals surface area contributed by atoms with E-state index in [0.29, 0.717) is 0 Å². The number of aryl methyl sites for hydroxylation is 1. The second kappa shape index (κ2) is 8.29. The second-order valence-corrected chi connectivity index (χ2v) is 7.14. The molecular weight excluding hydrogens is 278 g/mol. The molecule has 1 aliphatic carbocycles. The first-order valence-electron chi connectivity index (χ1n) is 9.35. The fourth-order valence-corrected chi connectivity index (χ4v) is 4.06. The van der Waals surface area contributed by atoms with E-state index in [1.807, 2.05) is 6.07 Å². The Balaban J connectivity index is 1.52. The highest BCUT2D eigenvalue weighted by molar-refractivity contribution is 5.58. The molecule has 1 nitrogen and oxygen atoms in total. The van der Waals surface area contributed by atoms with E-state index < -0.39 is 0 Å². The van der Waals surface area contributed by atoms with E-state index in [9.17, 15) is 0 Å². The molecule has 0 aliphatic heterocycles. The average molecular weight is 307 g/mol. The third-order valence-electron chi connectivity index (χ3n) is 5.32. The van der Waals surface area contributed by atoms with Gasteiger partial charge in [0, 0.05) is 11.8 Å². The van der Waals surface area contributed by atoms with Crippen molar-refractivity contribution in [2.24, 2.45) is 11.8 Å². The topological polar surface area (TPSA) is 12.9 Å². The lowest BCUT2D eigenvalue weighted by atomic mass is 9.77. The number of aromatic nitrogens is 1. The third kappa shape index (κ3) is 4.67. The molecule has 1 heterocycles. The van der Waals surface area contributed by atoms with E-state index in [1.54, 1.807) is 0 Å². The summed E-state index contributed by atoms with van der Waals surface area (Å²) in [4.78, 5) is 4.66. The summed E-state index contributed by atoms with van der Waals surface area (Å²) in [7, 11) is 0. The summed E-state index contributed by atoms with van der Waals surface area (Å²) in [5, 5.41) is 0. The number of pyridine rings is 1. The van der Waals surface area contributed by atoms with Crippen molar-refractivity contribution in [1.82, 2.24) is 4.98 Å². The molecule has 1 fully saturated rings. The number of hydrogen-bond acceptors (Lipinski definition) is 1. The molecule has 1 aromatic carbocycles. The van der Waals surface area contributed by atoms with E-state index in [2.05, 4.69) is 54.5 Å². The highest BCUT2D eigenvalue weighted by atomic mass is 14.7. The molecule has 0 amide bonds. The maximum atomic E-state index is 4.66. The normalized spacial score (nSPS) is 21.3. The van der Waals surface area contributed by atoms with Crippen LogP contribution >= 0.6 is 0 Å². The molecule has 1 aromatic heterocycles. The van der Waals surface area contributed by atoms with Gasteiger partial charge in [-0.05, 0) is 42.7 Å². The molecule has 1 aliphatic rings. The molecule has 0 N–H and O–H groups in total. The van der Waals surface area contributed by atoms with Crippen LogP contribution in [0, 0.1) is 11.8 Å². The first kappa shape index (κ1) is 16.2. The van der Waals surface area contributed by atoms with E-state index >= 15 is 0 Å². The lowest BCUT2D eigenvalue weighted by Crippen LogP contribution is -2.16. The van der Waals surface area contributed by atoms with E-state index in [-0.39, 0.29) is 0 Å². The van der Waals surface area contributed by atoms with Gasteiger partial charge in [0.15, 0.2) is 0 Å². The van der Waals surface area contributed by atoms with Crippen LogP contribution < -0.4 is 0 Å². The van der Waals surface area contributed by atoms with Crippen LogP contribution in [0.15, 0.2) is 48.7 Å². The van der Waals surface area contributed by atoms with Gasteiger partial charge in [-0.3, -0.25) is 4.98 Å². The third-order valence-corrected chi connectivity index (χ3v) is 5.32.